The van der Waals surface area contributed by atoms with Gasteiger partial charge in [-0.15, -0.1) is 0 Å². The van der Waals surface area contributed by atoms with Crippen LogP contribution >= 0.6 is 0 Å². The summed E-state index contributed by atoms with van der Waals surface area (Å²) in [5.41, 5.74) is 5.88. The van der Waals surface area contributed by atoms with Crippen molar-refractivity contribution in [2.45, 2.75) is 57.0 Å². The molecule has 2 atom stereocenters. The van der Waals surface area contributed by atoms with Crippen molar-refractivity contribution in [1.29, 1.82) is 0 Å². The van der Waals surface area contributed by atoms with Gasteiger partial charge in [0, 0.05) is 42.4 Å². The van der Waals surface area contributed by atoms with Gasteiger partial charge in [0.2, 0.25) is 23.6 Å². The molecule has 2 fully saturated rings. The lowest BCUT2D eigenvalue weighted by Crippen LogP contribution is -2.38. The SMILES string of the molecule is O=C(C[C@@H]1CCCN1C(=O)Cc1ccccc1)Nc1cccc(-c2cnc(-c3ccc4nc([C@@H]5CCCN5C(=O)Cc5ccccc5)[nH]c4c3)o2)c1. The predicted octanol–water partition coefficient (Wildman–Crippen LogP) is 7.35. The van der Waals surface area contributed by atoms with Crippen molar-refractivity contribution in [3.63, 3.8) is 0 Å². The van der Waals surface area contributed by atoms with Gasteiger partial charge in [0.15, 0.2) is 5.76 Å². The van der Waals surface area contributed by atoms with E-state index in [2.05, 4.69) is 15.3 Å². The van der Waals surface area contributed by atoms with E-state index in [1.54, 1.807) is 6.20 Å². The molecular weight excluding hydrogens is 652 g/mol. The topological polar surface area (TPSA) is 124 Å². The summed E-state index contributed by atoms with van der Waals surface area (Å²) in [5.74, 6) is 1.86. The highest BCUT2D eigenvalue weighted by Crippen LogP contribution is 2.34. The number of aromatic nitrogens is 3. The number of hydrogen-bond donors (Lipinski definition) is 2. The van der Waals surface area contributed by atoms with Crippen LogP contribution in [0.3, 0.4) is 0 Å². The fraction of sp³-hybridized carbons (Fsp3) is 0.262. The van der Waals surface area contributed by atoms with Crippen molar-refractivity contribution in [3.05, 3.63) is 126 Å². The minimum absolute atomic E-state index is 0.0585. The average Bonchev–Trinajstić information content (AvgIpc) is 3.99. The first-order valence-corrected chi connectivity index (χ1v) is 18.0. The first-order valence-electron chi connectivity index (χ1n) is 18.0. The van der Waals surface area contributed by atoms with E-state index in [-0.39, 0.29) is 36.2 Å². The van der Waals surface area contributed by atoms with Gasteiger partial charge in [-0.05, 0) is 67.1 Å². The monoisotopic (exact) mass is 692 g/mol. The van der Waals surface area contributed by atoms with E-state index in [1.165, 1.54) is 0 Å². The number of hydrogen-bond acceptors (Lipinski definition) is 6. The second kappa shape index (κ2) is 14.7. The maximum Gasteiger partial charge on any atom is 0.227 e. The molecule has 0 unspecified atom stereocenters. The van der Waals surface area contributed by atoms with E-state index in [9.17, 15) is 14.4 Å². The smallest absolute Gasteiger partial charge is 0.227 e. The lowest BCUT2D eigenvalue weighted by atomic mass is 10.1. The zero-order chi connectivity index (χ0) is 35.4. The van der Waals surface area contributed by atoms with E-state index in [0.717, 1.165) is 71.3 Å². The molecule has 6 aromatic rings. The van der Waals surface area contributed by atoms with Crippen molar-refractivity contribution >= 4 is 34.4 Å². The Balaban J connectivity index is 0.916. The molecule has 2 aliphatic heterocycles. The summed E-state index contributed by atoms with van der Waals surface area (Å²) < 4.78 is 6.22. The standard InChI is InChI=1S/C42H40N6O4/c49-38(26-33-16-8-20-47(33)39(50)22-28-10-3-1-4-11-28)44-32-15-7-14-30(24-32)37-27-43-42(52-37)31-18-19-34-35(25-31)46-41(45-34)36-17-9-21-48(36)40(51)23-29-12-5-2-6-13-29/h1-7,10-15,18-19,24-25,27,33,36H,8-9,16-17,20-23,26H2,(H,44,49)(H,45,46)/t33-,36-/m0/s1. The molecule has 10 heteroatoms. The quantitative estimate of drug-likeness (QED) is 0.155. The number of carbonyl (C=O) groups is 3. The van der Waals surface area contributed by atoms with Crippen molar-refractivity contribution < 1.29 is 18.8 Å². The Kier molecular flexibility index (Phi) is 9.35. The number of oxazole rings is 1. The summed E-state index contributed by atoms with van der Waals surface area (Å²) in [6.07, 6.45) is 6.16. The van der Waals surface area contributed by atoms with Crippen molar-refractivity contribution in [2.75, 3.05) is 18.4 Å². The number of anilines is 1. The van der Waals surface area contributed by atoms with E-state index in [0.29, 0.717) is 36.7 Å². The van der Waals surface area contributed by atoms with Gasteiger partial charge in [0.05, 0.1) is 36.1 Å². The fourth-order valence-electron chi connectivity index (χ4n) is 7.51. The first-order chi connectivity index (χ1) is 25.5. The summed E-state index contributed by atoms with van der Waals surface area (Å²) in [5, 5.41) is 3.02. The number of H-pyrrole nitrogens is 1. The third-order valence-corrected chi connectivity index (χ3v) is 10.1. The Morgan fingerprint density at radius 1 is 0.769 bits per heavy atom. The third kappa shape index (κ3) is 7.23. The number of likely N-dealkylation sites (tertiary alicyclic amines) is 2. The van der Waals surface area contributed by atoms with Crippen LogP contribution in [0.5, 0.6) is 0 Å². The minimum Gasteiger partial charge on any atom is -0.436 e. The van der Waals surface area contributed by atoms with Crippen LogP contribution in [0.25, 0.3) is 33.8 Å². The summed E-state index contributed by atoms with van der Waals surface area (Å²) in [6.45, 7) is 1.40. The van der Waals surface area contributed by atoms with Gasteiger partial charge in [-0.25, -0.2) is 9.97 Å². The van der Waals surface area contributed by atoms with Crippen LogP contribution in [0.15, 0.2) is 114 Å². The van der Waals surface area contributed by atoms with E-state index in [4.69, 9.17) is 9.40 Å². The number of aromatic amines is 1. The normalized spacial score (nSPS) is 17.2. The molecule has 3 amide bonds. The second-order valence-corrected chi connectivity index (χ2v) is 13.7. The van der Waals surface area contributed by atoms with Gasteiger partial charge < -0.3 is 24.5 Å². The highest BCUT2D eigenvalue weighted by molar-refractivity contribution is 5.92. The van der Waals surface area contributed by atoms with Crippen LogP contribution in [0.2, 0.25) is 0 Å². The number of nitrogens with one attached hydrogen (secondary N) is 2. The molecule has 2 saturated heterocycles. The van der Waals surface area contributed by atoms with Gasteiger partial charge in [-0.3, -0.25) is 14.4 Å². The molecule has 52 heavy (non-hydrogen) atoms. The number of imidazole rings is 1. The van der Waals surface area contributed by atoms with Crippen LogP contribution < -0.4 is 5.32 Å². The lowest BCUT2D eigenvalue weighted by Gasteiger charge is -2.24. The van der Waals surface area contributed by atoms with Crippen LogP contribution in [0, 0.1) is 0 Å². The molecule has 0 saturated carbocycles. The Morgan fingerprint density at radius 3 is 2.25 bits per heavy atom. The minimum atomic E-state index is -0.131. The summed E-state index contributed by atoms with van der Waals surface area (Å²) in [6, 6.07) is 32.7. The molecule has 4 heterocycles. The predicted molar refractivity (Wildman–Crippen MR) is 199 cm³/mol. The van der Waals surface area contributed by atoms with Crippen molar-refractivity contribution in [2.24, 2.45) is 0 Å². The second-order valence-electron chi connectivity index (χ2n) is 13.7. The molecular formula is C42H40N6O4. The third-order valence-electron chi connectivity index (χ3n) is 10.1. The Bertz CT molecular complexity index is 2210. The number of benzene rings is 4. The molecule has 4 aromatic carbocycles. The molecule has 2 aromatic heterocycles. The van der Waals surface area contributed by atoms with Gasteiger partial charge >= 0.3 is 0 Å². The largest absolute Gasteiger partial charge is 0.436 e. The lowest BCUT2D eigenvalue weighted by molar-refractivity contribution is -0.132. The molecule has 8 rings (SSSR count). The Labute approximate surface area is 301 Å². The molecule has 2 aliphatic rings. The van der Waals surface area contributed by atoms with Crippen LogP contribution in [-0.4, -0.2) is 61.6 Å². The van der Waals surface area contributed by atoms with E-state index < -0.39 is 0 Å². The summed E-state index contributed by atoms with van der Waals surface area (Å²) >= 11 is 0. The maximum atomic E-state index is 13.2. The zero-order valence-corrected chi connectivity index (χ0v) is 28.8. The van der Waals surface area contributed by atoms with Gasteiger partial charge in [0.25, 0.3) is 0 Å². The molecule has 262 valence electrons. The molecule has 0 spiro atoms. The number of carbonyl (C=O) groups excluding carboxylic acids is 3. The number of nitrogens with zero attached hydrogens (tertiary/aromatic N) is 4. The Morgan fingerprint density at radius 2 is 1.48 bits per heavy atom. The summed E-state index contributed by atoms with van der Waals surface area (Å²) in [7, 11) is 0. The number of amides is 3. The van der Waals surface area contributed by atoms with E-state index >= 15 is 0 Å². The first kappa shape index (κ1) is 33.1. The van der Waals surface area contributed by atoms with Gasteiger partial charge in [-0.2, -0.15) is 0 Å². The molecule has 0 aliphatic carbocycles. The molecule has 0 bridgehead atoms. The highest BCUT2D eigenvalue weighted by Gasteiger charge is 2.32. The Hall–Kier alpha value is -6.03. The van der Waals surface area contributed by atoms with Crippen molar-refractivity contribution in [1.82, 2.24) is 24.8 Å². The number of fused-ring (bicyclic) bond motifs is 1. The zero-order valence-electron chi connectivity index (χ0n) is 28.8. The fourth-order valence-corrected chi connectivity index (χ4v) is 7.51. The molecule has 2 N–H and O–H groups in total. The molecule has 10 nitrogen and oxygen atoms in total. The van der Waals surface area contributed by atoms with Crippen LogP contribution in [0.1, 0.15) is 55.1 Å². The van der Waals surface area contributed by atoms with Gasteiger partial charge in [-0.1, -0.05) is 72.8 Å². The van der Waals surface area contributed by atoms with Crippen LogP contribution in [0.4, 0.5) is 5.69 Å². The van der Waals surface area contributed by atoms with E-state index in [1.807, 2.05) is 113 Å². The highest BCUT2D eigenvalue weighted by atomic mass is 16.4. The van der Waals surface area contributed by atoms with Gasteiger partial charge in [0.1, 0.15) is 5.82 Å². The number of rotatable bonds is 10. The van der Waals surface area contributed by atoms with Crippen molar-refractivity contribution in [3.8, 4) is 22.8 Å². The molecule has 0 radical (unpaired) electrons. The average molecular weight is 693 g/mol. The van der Waals surface area contributed by atoms with Crippen LogP contribution in [-0.2, 0) is 27.2 Å². The summed E-state index contributed by atoms with van der Waals surface area (Å²) in [4.78, 5) is 56.1. The maximum absolute atomic E-state index is 13.2.